The lowest BCUT2D eigenvalue weighted by Gasteiger charge is -2.41. The van der Waals surface area contributed by atoms with Gasteiger partial charge in [-0.25, -0.2) is 0 Å². The lowest BCUT2D eigenvalue weighted by molar-refractivity contribution is 0.601. The summed E-state index contributed by atoms with van der Waals surface area (Å²) in [6.45, 7) is 4.36. The van der Waals surface area contributed by atoms with Gasteiger partial charge in [0.2, 0.25) is 0 Å². The topological polar surface area (TPSA) is 0 Å². The van der Waals surface area contributed by atoms with Crippen molar-refractivity contribution in [2.75, 3.05) is 12.0 Å². The second kappa shape index (κ2) is 5.50. The molecule has 0 saturated heterocycles. The van der Waals surface area contributed by atoms with Crippen LogP contribution in [0, 0.1) is 0 Å². The number of rotatable bonds is 3. The fourth-order valence-corrected chi connectivity index (χ4v) is 5.38. The predicted molar refractivity (Wildman–Crippen MR) is 95.7 cm³/mol. The molecule has 1 aliphatic carbocycles. The summed E-state index contributed by atoms with van der Waals surface area (Å²) in [5.74, 6) is 1.79. The molecule has 2 aliphatic rings. The molecule has 0 N–H and O–H groups in total. The largest absolute Gasteiger partial charge is 0.168 e. The van der Waals surface area contributed by atoms with E-state index in [4.69, 9.17) is 11.7 Å². The minimum absolute atomic E-state index is 0.648. The van der Waals surface area contributed by atoms with Crippen LogP contribution in [0.5, 0.6) is 0 Å². The number of allylic oxidation sites excluding steroid dienone is 3. The lowest BCUT2D eigenvalue weighted by atomic mass is 9.81. The third-order valence-electron chi connectivity index (χ3n) is 4.40. The van der Waals surface area contributed by atoms with Crippen molar-refractivity contribution >= 4 is 20.7 Å². The Hall–Kier alpha value is -0.860. The van der Waals surface area contributed by atoms with E-state index in [1.165, 1.54) is 34.5 Å². The average Bonchev–Trinajstić information content (AvgIpc) is 2.47. The van der Waals surface area contributed by atoms with E-state index < -0.39 is 9.06 Å². The summed E-state index contributed by atoms with van der Waals surface area (Å²) < 4.78 is 0. The second-order valence-electron chi connectivity index (χ2n) is 5.87. The maximum atomic E-state index is 4.81. The Morgan fingerprint density at radius 2 is 2.00 bits per heavy atom. The van der Waals surface area contributed by atoms with Crippen LogP contribution in [-0.4, -0.2) is 12.0 Å². The molecule has 0 bridgehead atoms. The minimum Gasteiger partial charge on any atom is -0.168 e. The molecule has 3 rings (SSSR count). The van der Waals surface area contributed by atoms with Crippen molar-refractivity contribution in [2.45, 2.75) is 25.2 Å². The molecule has 0 fully saturated rings. The Kier molecular flexibility index (Phi) is 3.87. The molecule has 2 unspecified atom stereocenters. The van der Waals surface area contributed by atoms with Gasteiger partial charge in [0, 0.05) is 10.7 Å². The van der Waals surface area contributed by atoms with Gasteiger partial charge in [-0.05, 0) is 48.1 Å². The number of hydrogen-bond donors (Lipinski definition) is 1. The van der Waals surface area contributed by atoms with Gasteiger partial charge in [0.25, 0.3) is 0 Å². The highest BCUT2D eigenvalue weighted by molar-refractivity contribution is 8.90. The van der Waals surface area contributed by atoms with Crippen LogP contribution in [0.4, 0.5) is 0 Å². The van der Waals surface area contributed by atoms with E-state index in [-0.39, 0.29) is 0 Å². The van der Waals surface area contributed by atoms with E-state index >= 15 is 0 Å². The highest BCUT2D eigenvalue weighted by Crippen LogP contribution is 2.66. The standard InChI is InChI=1S/C18H22S2/c1-14(18-11-12-20(18,2)19)16-9-6-10-17(13-16)15-7-4-3-5-8-15/h3-5,7-9,11,17,19H,1,6,10,12-13H2,2H3. The first-order valence-electron chi connectivity index (χ1n) is 7.20. The zero-order valence-corrected chi connectivity index (χ0v) is 13.7. The van der Waals surface area contributed by atoms with E-state index in [0.717, 1.165) is 12.2 Å². The van der Waals surface area contributed by atoms with E-state index in [9.17, 15) is 0 Å². The van der Waals surface area contributed by atoms with Gasteiger partial charge < -0.3 is 0 Å². The van der Waals surface area contributed by atoms with E-state index in [1.807, 2.05) is 0 Å². The Balaban J connectivity index is 1.76. The summed E-state index contributed by atoms with van der Waals surface area (Å²) in [5.41, 5.74) is 4.17. The van der Waals surface area contributed by atoms with Gasteiger partial charge in [0.1, 0.15) is 0 Å². The molecule has 1 aromatic rings. The highest BCUT2D eigenvalue weighted by atomic mass is 33.1. The molecule has 1 aromatic carbocycles. The van der Waals surface area contributed by atoms with Crippen molar-refractivity contribution in [1.82, 2.24) is 0 Å². The minimum atomic E-state index is -0.838. The van der Waals surface area contributed by atoms with Crippen LogP contribution in [0.1, 0.15) is 30.7 Å². The molecule has 0 spiro atoms. The summed E-state index contributed by atoms with van der Waals surface area (Å²) in [6.07, 6.45) is 10.5. The maximum absolute atomic E-state index is 4.81. The van der Waals surface area contributed by atoms with Gasteiger partial charge in [0.05, 0.1) is 0 Å². The monoisotopic (exact) mass is 302 g/mol. The summed E-state index contributed by atoms with van der Waals surface area (Å²) in [7, 11) is -0.838. The Morgan fingerprint density at radius 1 is 1.25 bits per heavy atom. The molecule has 0 amide bonds. The molecule has 2 atom stereocenters. The van der Waals surface area contributed by atoms with E-state index in [1.54, 1.807) is 0 Å². The maximum Gasteiger partial charge on any atom is 0.00886 e. The van der Waals surface area contributed by atoms with Crippen molar-refractivity contribution < 1.29 is 0 Å². The van der Waals surface area contributed by atoms with Crippen LogP contribution in [0.2, 0.25) is 0 Å². The molecular formula is C18H22S2. The molecule has 0 nitrogen and oxygen atoms in total. The van der Waals surface area contributed by atoms with Crippen LogP contribution in [0.25, 0.3) is 0 Å². The van der Waals surface area contributed by atoms with Crippen LogP contribution in [0.15, 0.2) is 65.1 Å². The molecule has 0 aromatic heterocycles. The van der Waals surface area contributed by atoms with Crippen LogP contribution in [0.3, 0.4) is 0 Å². The first-order chi connectivity index (χ1) is 9.58. The van der Waals surface area contributed by atoms with Crippen molar-refractivity contribution in [2.24, 2.45) is 0 Å². The number of thiol groups is 1. The van der Waals surface area contributed by atoms with Crippen molar-refractivity contribution in [3.05, 3.63) is 70.7 Å². The highest BCUT2D eigenvalue weighted by Gasteiger charge is 2.30. The smallest absolute Gasteiger partial charge is 0.00886 e. The van der Waals surface area contributed by atoms with E-state index in [2.05, 4.69) is 55.3 Å². The Bertz CT molecular complexity index is 579. The van der Waals surface area contributed by atoms with Crippen molar-refractivity contribution in [3.63, 3.8) is 0 Å². The predicted octanol–water partition coefficient (Wildman–Crippen LogP) is 5.61. The van der Waals surface area contributed by atoms with Gasteiger partial charge >= 0.3 is 0 Å². The zero-order chi connectivity index (χ0) is 14.2. The molecule has 2 heteroatoms. The van der Waals surface area contributed by atoms with Crippen molar-refractivity contribution in [1.29, 1.82) is 0 Å². The quantitative estimate of drug-likeness (QED) is 0.544. The van der Waals surface area contributed by atoms with Gasteiger partial charge in [-0.3, -0.25) is 0 Å². The molecule has 20 heavy (non-hydrogen) atoms. The van der Waals surface area contributed by atoms with Gasteiger partial charge in [-0.2, -0.15) is 9.06 Å². The Labute approximate surface area is 128 Å². The van der Waals surface area contributed by atoms with Crippen LogP contribution >= 0.6 is 20.7 Å². The van der Waals surface area contributed by atoms with Gasteiger partial charge in [0.15, 0.2) is 0 Å². The first-order valence-corrected chi connectivity index (χ1v) is 10.5. The lowest BCUT2D eigenvalue weighted by Crippen LogP contribution is -2.14. The third-order valence-corrected chi connectivity index (χ3v) is 7.61. The number of benzene rings is 1. The van der Waals surface area contributed by atoms with Gasteiger partial charge in [-0.1, -0.05) is 49.1 Å². The summed E-state index contributed by atoms with van der Waals surface area (Å²) in [4.78, 5) is 1.42. The summed E-state index contributed by atoms with van der Waals surface area (Å²) in [5, 5.41) is 0. The molecule has 0 saturated carbocycles. The normalized spacial score (nSPS) is 32.4. The average molecular weight is 303 g/mol. The molecular weight excluding hydrogens is 280 g/mol. The molecule has 106 valence electrons. The summed E-state index contributed by atoms with van der Waals surface area (Å²) >= 11 is 4.81. The summed E-state index contributed by atoms with van der Waals surface area (Å²) in [6, 6.07) is 10.9. The van der Waals surface area contributed by atoms with Crippen molar-refractivity contribution in [3.8, 4) is 0 Å². The van der Waals surface area contributed by atoms with Gasteiger partial charge in [-0.15, -0.1) is 11.7 Å². The second-order valence-corrected chi connectivity index (χ2v) is 11.1. The fourth-order valence-electron chi connectivity index (χ4n) is 3.12. The fraction of sp³-hybridized carbons (Fsp3) is 0.333. The Morgan fingerprint density at radius 3 is 2.60 bits per heavy atom. The first kappa shape index (κ1) is 14.1. The SMILES string of the molecule is C=C(C1=CCCC(c2ccccc2)C1)C1=CCS1(C)S. The molecule has 0 radical (unpaired) electrons. The third kappa shape index (κ3) is 2.64. The molecule has 1 aliphatic heterocycles. The zero-order valence-electron chi connectivity index (χ0n) is 12.0. The van der Waals surface area contributed by atoms with Crippen LogP contribution in [-0.2, 0) is 0 Å². The molecule has 1 heterocycles. The van der Waals surface area contributed by atoms with Crippen LogP contribution < -0.4 is 0 Å². The number of hydrogen-bond acceptors (Lipinski definition) is 1. The van der Waals surface area contributed by atoms with E-state index in [0.29, 0.717) is 5.92 Å².